The van der Waals surface area contributed by atoms with Crippen LogP contribution in [-0.2, 0) is 4.74 Å². The molecule has 1 aliphatic carbocycles. The van der Waals surface area contributed by atoms with Gasteiger partial charge in [-0.25, -0.2) is 0 Å². The predicted octanol–water partition coefficient (Wildman–Crippen LogP) is 0.231. The highest BCUT2D eigenvalue weighted by Gasteiger charge is 2.15. The minimum Gasteiger partial charge on any atom is -0.396 e. The zero-order valence-corrected chi connectivity index (χ0v) is 9.98. The van der Waals surface area contributed by atoms with Crippen molar-refractivity contribution in [1.82, 2.24) is 5.32 Å². The van der Waals surface area contributed by atoms with Gasteiger partial charge in [-0.1, -0.05) is 12.8 Å². The van der Waals surface area contributed by atoms with E-state index in [1.807, 2.05) is 0 Å². The predicted molar refractivity (Wildman–Crippen MR) is 64.4 cm³/mol. The fourth-order valence-corrected chi connectivity index (χ4v) is 2.03. The third-order valence-electron chi connectivity index (χ3n) is 2.84. The normalized spacial score (nSPS) is 20.0. The standard InChI is InChI=1S/C11H23N3O2/c1-16-8-10(6-7-15)14-11(12)13-9-4-2-3-5-9/h9-10,15H,2-8H2,1H3,(H3,12,13,14). The lowest BCUT2D eigenvalue weighted by atomic mass is 10.2. The lowest BCUT2D eigenvalue weighted by Gasteiger charge is -2.18. The summed E-state index contributed by atoms with van der Waals surface area (Å²) in [6.07, 6.45) is 5.39. The molecule has 1 rings (SSSR count). The van der Waals surface area contributed by atoms with E-state index in [1.165, 1.54) is 12.8 Å². The first-order valence-corrected chi connectivity index (χ1v) is 5.96. The summed E-state index contributed by atoms with van der Waals surface area (Å²) in [5, 5.41) is 12.0. The Morgan fingerprint density at radius 1 is 1.56 bits per heavy atom. The Kier molecular flexibility index (Phi) is 6.18. The number of aliphatic hydroxyl groups is 1. The van der Waals surface area contributed by atoms with E-state index in [0.717, 1.165) is 12.8 Å². The highest BCUT2D eigenvalue weighted by molar-refractivity contribution is 5.78. The molecule has 0 bridgehead atoms. The molecule has 0 heterocycles. The number of methoxy groups -OCH3 is 1. The van der Waals surface area contributed by atoms with Gasteiger partial charge in [0.2, 0.25) is 0 Å². The quantitative estimate of drug-likeness (QED) is 0.450. The second-order valence-corrected chi connectivity index (χ2v) is 4.26. The second kappa shape index (κ2) is 7.46. The van der Waals surface area contributed by atoms with E-state index in [4.69, 9.17) is 15.6 Å². The molecule has 94 valence electrons. The number of nitrogens with two attached hydrogens (primary N) is 1. The van der Waals surface area contributed by atoms with E-state index >= 15 is 0 Å². The summed E-state index contributed by atoms with van der Waals surface area (Å²) in [5.74, 6) is 0.474. The van der Waals surface area contributed by atoms with Gasteiger partial charge in [0, 0.05) is 13.7 Å². The Hall–Kier alpha value is -0.810. The maximum absolute atomic E-state index is 8.88. The van der Waals surface area contributed by atoms with Crippen LogP contribution in [0.3, 0.4) is 0 Å². The van der Waals surface area contributed by atoms with E-state index in [9.17, 15) is 0 Å². The van der Waals surface area contributed by atoms with Gasteiger partial charge in [0.15, 0.2) is 5.96 Å². The molecule has 0 radical (unpaired) electrons. The molecule has 1 unspecified atom stereocenters. The lowest BCUT2D eigenvalue weighted by Crippen LogP contribution is -2.43. The highest BCUT2D eigenvalue weighted by Crippen LogP contribution is 2.20. The Morgan fingerprint density at radius 2 is 2.25 bits per heavy atom. The number of guanidine groups is 1. The summed E-state index contributed by atoms with van der Waals surface area (Å²) in [5.41, 5.74) is 5.82. The van der Waals surface area contributed by atoms with Gasteiger partial charge < -0.3 is 20.9 Å². The third-order valence-corrected chi connectivity index (χ3v) is 2.84. The second-order valence-electron chi connectivity index (χ2n) is 4.26. The van der Waals surface area contributed by atoms with Gasteiger partial charge in [-0.3, -0.25) is 4.99 Å². The van der Waals surface area contributed by atoms with Crippen molar-refractivity contribution in [3.63, 3.8) is 0 Å². The highest BCUT2D eigenvalue weighted by atomic mass is 16.5. The number of hydrogen-bond acceptors (Lipinski definition) is 3. The van der Waals surface area contributed by atoms with Crippen LogP contribution in [0, 0.1) is 0 Å². The van der Waals surface area contributed by atoms with Crippen LogP contribution in [0.1, 0.15) is 32.1 Å². The maximum Gasteiger partial charge on any atom is 0.189 e. The minimum atomic E-state index is 0.0418. The molecule has 4 N–H and O–H groups in total. The van der Waals surface area contributed by atoms with E-state index < -0.39 is 0 Å². The first-order valence-electron chi connectivity index (χ1n) is 5.96. The van der Waals surface area contributed by atoms with Gasteiger partial charge in [-0.05, 0) is 19.3 Å². The first-order chi connectivity index (χ1) is 7.76. The molecule has 1 fully saturated rings. The SMILES string of the molecule is COCC(CCO)NC(N)=NC1CCCC1. The van der Waals surface area contributed by atoms with Gasteiger partial charge in [0.05, 0.1) is 18.7 Å². The topological polar surface area (TPSA) is 79.9 Å². The van der Waals surface area contributed by atoms with Crippen LogP contribution < -0.4 is 11.1 Å². The molecule has 0 spiro atoms. The van der Waals surface area contributed by atoms with Crippen LogP contribution >= 0.6 is 0 Å². The number of hydrogen-bond donors (Lipinski definition) is 3. The summed E-state index contributed by atoms with van der Waals surface area (Å²) in [7, 11) is 1.64. The molecule has 16 heavy (non-hydrogen) atoms. The van der Waals surface area contributed by atoms with Crippen molar-refractivity contribution in [2.75, 3.05) is 20.3 Å². The zero-order chi connectivity index (χ0) is 11.8. The molecule has 1 saturated carbocycles. The van der Waals surface area contributed by atoms with Gasteiger partial charge in [0.25, 0.3) is 0 Å². The van der Waals surface area contributed by atoms with Crippen LogP contribution in [0.25, 0.3) is 0 Å². The van der Waals surface area contributed by atoms with E-state index in [2.05, 4.69) is 10.3 Å². The van der Waals surface area contributed by atoms with Crippen molar-refractivity contribution in [3.8, 4) is 0 Å². The molecule has 5 nitrogen and oxygen atoms in total. The maximum atomic E-state index is 8.88. The number of aliphatic imine (C=N–C) groups is 1. The van der Waals surface area contributed by atoms with Crippen LogP contribution in [0.5, 0.6) is 0 Å². The Balaban J connectivity index is 2.36. The van der Waals surface area contributed by atoms with Crippen molar-refractivity contribution in [3.05, 3.63) is 0 Å². The number of ether oxygens (including phenoxy) is 1. The van der Waals surface area contributed by atoms with Crippen LogP contribution in [0.2, 0.25) is 0 Å². The molecule has 0 amide bonds. The smallest absolute Gasteiger partial charge is 0.189 e. The van der Waals surface area contributed by atoms with Crippen molar-refractivity contribution >= 4 is 5.96 Å². The monoisotopic (exact) mass is 229 g/mol. The zero-order valence-electron chi connectivity index (χ0n) is 9.98. The summed E-state index contributed by atoms with van der Waals surface area (Å²) < 4.78 is 5.04. The molecule has 1 atom stereocenters. The summed E-state index contributed by atoms with van der Waals surface area (Å²) >= 11 is 0. The summed E-state index contributed by atoms with van der Waals surface area (Å²) in [6.45, 7) is 0.652. The lowest BCUT2D eigenvalue weighted by molar-refractivity contribution is 0.156. The van der Waals surface area contributed by atoms with E-state index in [1.54, 1.807) is 7.11 Å². The molecule has 1 aliphatic rings. The van der Waals surface area contributed by atoms with Crippen molar-refractivity contribution in [1.29, 1.82) is 0 Å². The fourth-order valence-electron chi connectivity index (χ4n) is 2.03. The first kappa shape index (κ1) is 13.3. The number of aliphatic hydroxyl groups excluding tert-OH is 1. The molecule has 0 aliphatic heterocycles. The van der Waals surface area contributed by atoms with Crippen LogP contribution in [0.15, 0.2) is 4.99 Å². The fraction of sp³-hybridized carbons (Fsp3) is 0.909. The Bertz CT molecular complexity index is 209. The minimum absolute atomic E-state index is 0.0418. The van der Waals surface area contributed by atoms with Gasteiger partial charge >= 0.3 is 0 Å². The van der Waals surface area contributed by atoms with Crippen molar-refractivity contribution < 1.29 is 9.84 Å². The Morgan fingerprint density at radius 3 is 2.81 bits per heavy atom. The van der Waals surface area contributed by atoms with Gasteiger partial charge in [0.1, 0.15) is 0 Å². The van der Waals surface area contributed by atoms with E-state index in [-0.39, 0.29) is 12.6 Å². The number of rotatable bonds is 6. The average Bonchev–Trinajstić information content (AvgIpc) is 2.71. The van der Waals surface area contributed by atoms with Crippen LogP contribution in [0.4, 0.5) is 0 Å². The Labute approximate surface area is 97.1 Å². The number of nitrogens with one attached hydrogen (secondary N) is 1. The molecule has 5 heteroatoms. The third kappa shape index (κ3) is 4.81. The molecular weight excluding hydrogens is 206 g/mol. The molecular formula is C11H23N3O2. The molecule has 0 aromatic rings. The average molecular weight is 229 g/mol. The summed E-state index contributed by atoms with van der Waals surface area (Å²) in [4.78, 5) is 4.43. The van der Waals surface area contributed by atoms with Crippen molar-refractivity contribution in [2.24, 2.45) is 10.7 Å². The van der Waals surface area contributed by atoms with Gasteiger partial charge in [-0.15, -0.1) is 0 Å². The molecule has 0 aromatic heterocycles. The molecule has 0 saturated heterocycles. The van der Waals surface area contributed by atoms with Gasteiger partial charge in [-0.2, -0.15) is 0 Å². The van der Waals surface area contributed by atoms with Crippen molar-refractivity contribution in [2.45, 2.75) is 44.2 Å². The van der Waals surface area contributed by atoms with E-state index in [0.29, 0.717) is 25.0 Å². The van der Waals surface area contributed by atoms with Crippen LogP contribution in [-0.4, -0.2) is 43.5 Å². The molecule has 0 aromatic carbocycles. The largest absolute Gasteiger partial charge is 0.396 e. The number of nitrogens with zero attached hydrogens (tertiary/aromatic N) is 1. The summed E-state index contributed by atoms with van der Waals surface area (Å²) in [6, 6.07) is 0.421.